The number of nitrogens with zero attached hydrogens (tertiary/aromatic N) is 3. The molecule has 0 bridgehead atoms. The van der Waals surface area contributed by atoms with Crippen LogP contribution in [0.5, 0.6) is 0 Å². The lowest BCUT2D eigenvalue weighted by atomic mass is 10.3. The first-order valence-electron chi connectivity index (χ1n) is 7.58. The van der Waals surface area contributed by atoms with Crippen molar-refractivity contribution in [2.24, 2.45) is 0 Å². The van der Waals surface area contributed by atoms with Gasteiger partial charge in [-0.3, -0.25) is 9.69 Å². The fourth-order valence-electron chi connectivity index (χ4n) is 2.07. The smallest absolute Gasteiger partial charge is 0.237 e. The van der Waals surface area contributed by atoms with Crippen molar-refractivity contribution < 1.29 is 18.7 Å². The summed E-state index contributed by atoms with van der Waals surface area (Å²) in [5.74, 6) is 0.667. The number of hydrogen-bond donors (Lipinski definition) is 0. The highest BCUT2D eigenvalue weighted by Crippen LogP contribution is 2.07. The van der Waals surface area contributed by atoms with Crippen molar-refractivity contribution in [1.29, 1.82) is 5.26 Å². The molecular formula is C16H25N3O4. The third-order valence-electron chi connectivity index (χ3n) is 3.36. The van der Waals surface area contributed by atoms with Gasteiger partial charge in [0.2, 0.25) is 5.91 Å². The molecule has 0 saturated carbocycles. The summed E-state index contributed by atoms with van der Waals surface area (Å²) in [6.45, 7) is 3.42. The van der Waals surface area contributed by atoms with Gasteiger partial charge in [-0.1, -0.05) is 0 Å². The number of carbonyl (C=O) groups excluding carboxylic acids is 1. The lowest BCUT2D eigenvalue weighted by Crippen LogP contribution is -2.42. The van der Waals surface area contributed by atoms with Crippen LogP contribution >= 0.6 is 0 Å². The molecule has 1 aromatic heterocycles. The maximum absolute atomic E-state index is 12.6. The van der Waals surface area contributed by atoms with Crippen molar-refractivity contribution in [3.8, 4) is 6.07 Å². The minimum Gasteiger partial charge on any atom is -0.467 e. The molecular weight excluding hydrogens is 298 g/mol. The Balaban J connectivity index is 2.62. The Hall–Kier alpha value is -1.88. The molecule has 128 valence electrons. The number of furan rings is 1. The molecule has 0 aliphatic heterocycles. The van der Waals surface area contributed by atoms with Gasteiger partial charge in [-0.15, -0.1) is 0 Å². The van der Waals surface area contributed by atoms with Crippen LogP contribution in [0.25, 0.3) is 0 Å². The van der Waals surface area contributed by atoms with Gasteiger partial charge >= 0.3 is 0 Å². The second kappa shape index (κ2) is 11.7. The first kappa shape index (κ1) is 19.2. The van der Waals surface area contributed by atoms with Crippen LogP contribution in [0.4, 0.5) is 0 Å². The maximum Gasteiger partial charge on any atom is 0.237 e. The van der Waals surface area contributed by atoms with Crippen molar-refractivity contribution in [3.63, 3.8) is 0 Å². The fraction of sp³-hybridized carbons (Fsp3) is 0.625. The van der Waals surface area contributed by atoms with Gasteiger partial charge in [0.05, 0.1) is 45.1 Å². The summed E-state index contributed by atoms with van der Waals surface area (Å²) in [7, 11) is 3.26. The van der Waals surface area contributed by atoms with Crippen molar-refractivity contribution in [1.82, 2.24) is 9.80 Å². The molecule has 1 aromatic rings. The van der Waals surface area contributed by atoms with E-state index in [0.717, 1.165) is 0 Å². The van der Waals surface area contributed by atoms with Crippen molar-refractivity contribution in [2.75, 3.05) is 53.6 Å². The number of ether oxygens (including phenoxy) is 2. The average molecular weight is 323 g/mol. The third-order valence-corrected chi connectivity index (χ3v) is 3.36. The molecule has 0 fully saturated rings. The van der Waals surface area contributed by atoms with E-state index in [1.165, 1.54) is 0 Å². The highest BCUT2D eigenvalue weighted by molar-refractivity contribution is 5.78. The first-order valence-corrected chi connectivity index (χ1v) is 7.58. The van der Waals surface area contributed by atoms with Gasteiger partial charge in [0.1, 0.15) is 5.76 Å². The highest BCUT2D eigenvalue weighted by atomic mass is 16.5. The Labute approximate surface area is 137 Å². The van der Waals surface area contributed by atoms with Crippen molar-refractivity contribution in [2.45, 2.75) is 13.0 Å². The summed E-state index contributed by atoms with van der Waals surface area (Å²) >= 11 is 0. The molecule has 1 rings (SSSR count). The van der Waals surface area contributed by atoms with Crippen LogP contribution < -0.4 is 0 Å². The standard InChI is InChI=1S/C16H25N3O4/c1-21-11-8-18(9-12-22-2)14-16(20)19(7-4-6-17)13-15-5-3-10-23-15/h3,5,10H,4,7-9,11-14H2,1-2H3. The van der Waals surface area contributed by atoms with E-state index < -0.39 is 0 Å². The molecule has 7 heteroatoms. The number of hydrogen-bond acceptors (Lipinski definition) is 6. The fourth-order valence-corrected chi connectivity index (χ4v) is 2.07. The normalized spacial score (nSPS) is 10.7. The average Bonchev–Trinajstić information content (AvgIpc) is 3.06. The van der Waals surface area contributed by atoms with E-state index in [4.69, 9.17) is 19.2 Å². The predicted molar refractivity (Wildman–Crippen MR) is 84.5 cm³/mol. The zero-order valence-corrected chi connectivity index (χ0v) is 13.9. The molecule has 0 aliphatic carbocycles. The monoisotopic (exact) mass is 323 g/mol. The van der Waals surface area contributed by atoms with Gasteiger partial charge < -0.3 is 18.8 Å². The topological polar surface area (TPSA) is 78.9 Å². The van der Waals surface area contributed by atoms with Crippen LogP contribution in [0.2, 0.25) is 0 Å². The lowest BCUT2D eigenvalue weighted by Gasteiger charge is -2.26. The van der Waals surface area contributed by atoms with Crippen LogP contribution in [0.1, 0.15) is 12.2 Å². The van der Waals surface area contributed by atoms with E-state index in [0.29, 0.717) is 51.6 Å². The van der Waals surface area contributed by atoms with Gasteiger partial charge in [-0.05, 0) is 12.1 Å². The summed E-state index contributed by atoms with van der Waals surface area (Å²) in [4.78, 5) is 16.2. The number of nitriles is 1. The summed E-state index contributed by atoms with van der Waals surface area (Å²) in [5.41, 5.74) is 0. The van der Waals surface area contributed by atoms with E-state index in [9.17, 15) is 4.79 Å². The molecule has 0 unspecified atom stereocenters. The molecule has 7 nitrogen and oxygen atoms in total. The number of methoxy groups -OCH3 is 2. The number of rotatable bonds is 12. The maximum atomic E-state index is 12.6. The van der Waals surface area contributed by atoms with Crippen molar-refractivity contribution in [3.05, 3.63) is 24.2 Å². The van der Waals surface area contributed by atoms with E-state index in [-0.39, 0.29) is 12.5 Å². The Kier molecular flexibility index (Phi) is 9.71. The Morgan fingerprint density at radius 2 is 1.96 bits per heavy atom. The molecule has 0 aromatic carbocycles. The Bertz CT molecular complexity index is 462. The minimum absolute atomic E-state index is 0.0381. The Morgan fingerprint density at radius 1 is 1.26 bits per heavy atom. The molecule has 1 amide bonds. The molecule has 0 saturated heterocycles. The molecule has 0 aliphatic rings. The summed E-state index contributed by atoms with van der Waals surface area (Å²) < 4.78 is 15.5. The van der Waals surface area contributed by atoms with Crippen LogP contribution in [0.3, 0.4) is 0 Å². The van der Waals surface area contributed by atoms with Gasteiger partial charge in [0.25, 0.3) is 0 Å². The largest absolute Gasteiger partial charge is 0.467 e. The van der Waals surface area contributed by atoms with E-state index >= 15 is 0 Å². The van der Waals surface area contributed by atoms with E-state index in [2.05, 4.69) is 6.07 Å². The third kappa shape index (κ3) is 7.79. The second-order valence-corrected chi connectivity index (χ2v) is 5.06. The van der Waals surface area contributed by atoms with Crippen LogP contribution in [-0.2, 0) is 20.8 Å². The van der Waals surface area contributed by atoms with Gasteiger partial charge in [0, 0.05) is 33.9 Å². The number of amides is 1. The molecule has 23 heavy (non-hydrogen) atoms. The second-order valence-electron chi connectivity index (χ2n) is 5.06. The molecule has 0 atom stereocenters. The lowest BCUT2D eigenvalue weighted by molar-refractivity contribution is -0.133. The molecule has 0 N–H and O–H groups in total. The predicted octanol–water partition coefficient (Wildman–Crippen LogP) is 1.12. The zero-order chi connectivity index (χ0) is 16.9. The van der Waals surface area contributed by atoms with Crippen LogP contribution in [0, 0.1) is 11.3 Å². The quantitative estimate of drug-likeness (QED) is 0.573. The van der Waals surface area contributed by atoms with Gasteiger partial charge in [0.15, 0.2) is 0 Å². The van der Waals surface area contributed by atoms with Gasteiger partial charge in [-0.25, -0.2) is 0 Å². The molecule has 1 heterocycles. The van der Waals surface area contributed by atoms with E-state index in [1.54, 1.807) is 31.4 Å². The summed E-state index contributed by atoms with van der Waals surface area (Å²) in [6, 6.07) is 5.68. The Morgan fingerprint density at radius 3 is 2.48 bits per heavy atom. The highest BCUT2D eigenvalue weighted by Gasteiger charge is 2.18. The van der Waals surface area contributed by atoms with Crippen LogP contribution in [-0.4, -0.2) is 69.3 Å². The number of carbonyl (C=O) groups is 1. The SMILES string of the molecule is COCCN(CCOC)CC(=O)N(CCC#N)Cc1ccco1. The van der Waals surface area contributed by atoms with Crippen molar-refractivity contribution >= 4 is 5.91 Å². The van der Waals surface area contributed by atoms with Gasteiger partial charge in [-0.2, -0.15) is 5.26 Å². The molecule has 0 spiro atoms. The minimum atomic E-state index is -0.0381. The first-order chi connectivity index (χ1) is 11.2. The summed E-state index contributed by atoms with van der Waals surface area (Å²) in [6.07, 6.45) is 1.87. The zero-order valence-electron chi connectivity index (χ0n) is 13.9. The van der Waals surface area contributed by atoms with E-state index in [1.807, 2.05) is 11.0 Å². The summed E-state index contributed by atoms with van der Waals surface area (Å²) in [5, 5.41) is 8.78. The van der Waals surface area contributed by atoms with Crippen LogP contribution in [0.15, 0.2) is 22.8 Å². The molecule has 0 radical (unpaired) electrons.